The number of nitrogens with one attached hydrogen (secondary N) is 2. The number of halogens is 1. The van der Waals surface area contributed by atoms with E-state index >= 15 is 0 Å². The Hall–Kier alpha value is -3.42. The minimum atomic E-state index is -0.849. The van der Waals surface area contributed by atoms with Gasteiger partial charge in [0, 0.05) is 44.7 Å². The summed E-state index contributed by atoms with van der Waals surface area (Å²) in [7, 11) is 0. The van der Waals surface area contributed by atoms with Crippen LogP contribution in [0.2, 0.25) is 0 Å². The van der Waals surface area contributed by atoms with Crippen molar-refractivity contribution in [3.05, 3.63) is 72.6 Å². The third-order valence-corrected chi connectivity index (χ3v) is 13.1. The van der Waals surface area contributed by atoms with Gasteiger partial charge in [0.25, 0.3) is 5.91 Å². The number of thiazole rings is 1. The fourth-order valence-electron chi connectivity index (χ4n) is 8.33. The lowest BCUT2D eigenvalue weighted by Crippen LogP contribution is -2.42. The number of carboxylic acid groups (broad SMARTS) is 1. The number of aromatic amines is 1. The zero-order valence-corrected chi connectivity index (χ0v) is 28.8. The monoisotopic (exact) mass is 739 g/mol. The van der Waals surface area contributed by atoms with E-state index < -0.39 is 11.9 Å². The van der Waals surface area contributed by atoms with Crippen LogP contribution in [0.25, 0.3) is 0 Å². The first kappa shape index (κ1) is 32.1. The van der Waals surface area contributed by atoms with E-state index in [1.54, 1.807) is 11.8 Å². The average Bonchev–Trinajstić information content (AvgIpc) is 3.75. The second kappa shape index (κ2) is 12.9. The van der Waals surface area contributed by atoms with Crippen LogP contribution in [-0.4, -0.2) is 57.1 Å². The number of ether oxygens (including phenoxy) is 1. The highest BCUT2D eigenvalue weighted by Crippen LogP contribution is 2.69. The first-order valence-corrected chi connectivity index (χ1v) is 18.3. The standard InChI is InChI=1S/C34H34BrN3O7S2/c1-16-6-5-7-18(12-16)36-23(39)15-45-22-10-9-17(35)13-19(22)25-26-20-14-21(29(26)46-31-30(25)47-34(44)37-31)28-27(20)32(42)38(33(28)43)11-4-2-3-8-24(40)41/h5-7,9-10,12-13,20-21,25-29H,2-4,8,11,14-15H2,1H3,(H,36,39)(H,37,44)(H,40,41)/t20?,21?,25-,26?,27?,28?,29?/m1/s1. The minimum Gasteiger partial charge on any atom is -0.483 e. The molecule has 7 atom stereocenters. The van der Waals surface area contributed by atoms with Crippen molar-refractivity contribution >= 4 is 68.4 Å². The van der Waals surface area contributed by atoms with Crippen molar-refractivity contribution < 1.29 is 29.0 Å². The molecule has 2 bridgehead atoms. The summed E-state index contributed by atoms with van der Waals surface area (Å²) >= 11 is 6.41. The van der Waals surface area contributed by atoms with E-state index in [0.29, 0.717) is 37.2 Å². The Kier molecular flexibility index (Phi) is 8.81. The number of hydrogen-bond acceptors (Lipinski definition) is 8. The molecule has 2 saturated carbocycles. The minimum absolute atomic E-state index is 0.0101. The third kappa shape index (κ3) is 5.95. The number of imide groups is 1. The number of carboxylic acids is 1. The van der Waals surface area contributed by atoms with E-state index in [1.807, 2.05) is 49.4 Å². The molecule has 3 aromatic rings. The number of benzene rings is 2. The van der Waals surface area contributed by atoms with Crippen molar-refractivity contribution in [3.8, 4) is 5.75 Å². The Morgan fingerprint density at radius 2 is 1.85 bits per heavy atom. The van der Waals surface area contributed by atoms with Crippen LogP contribution in [0.3, 0.4) is 0 Å². The molecule has 6 unspecified atom stereocenters. The van der Waals surface area contributed by atoms with E-state index in [2.05, 4.69) is 26.2 Å². The van der Waals surface area contributed by atoms with Gasteiger partial charge >= 0.3 is 10.8 Å². The summed E-state index contributed by atoms with van der Waals surface area (Å²) in [6.45, 7) is 2.05. The van der Waals surface area contributed by atoms with Gasteiger partial charge in [0.05, 0.1) is 16.9 Å². The molecule has 2 aliphatic carbocycles. The van der Waals surface area contributed by atoms with Crippen molar-refractivity contribution in [2.45, 2.75) is 55.2 Å². The van der Waals surface area contributed by atoms with Gasteiger partial charge in [-0.25, -0.2) is 0 Å². The first-order valence-electron chi connectivity index (χ1n) is 15.9. The van der Waals surface area contributed by atoms with Gasteiger partial charge in [-0.3, -0.25) is 28.9 Å². The molecule has 10 nitrogen and oxygen atoms in total. The Morgan fingerprint density at radius 1 is 1.06 bits per heavy atom. The number of aliphatic carboxylic acids is 1. The van der Waals surface area contributed by atoms with Gasteiger partial charge in [0.2, 0.25) is 11.8 Å². The molecule has 1 saturated heterocycles. The van der Waals surface area contributed by atoms with E-state index in [0.717, 1.165) is 31.9 Å². The molecule has 0 spiro atoms. The first-order chi connectivity index (χ1) is 22.6. The fraction of sp³-hybridized carbons (Fsp3) is 0.441. The van der Waals surface area contributed by atoms with Crippen LogP contribution in [0.5, 0.6) is 5.75 Å². The predicted molar refractivity (Wildman–Crippen MR) is 181 cm³/mol. The quantitative estimate of drug-likeness (QED) is 0.169. The number of carbonyl (C=O) groups is 4. The zero-order valence-electron chi connectivity index (χ0n) is 25.6. The molecule has 3 fully saturated rings. The van der Waals surface area contributed by atoms with Gasteiger partial charge in [-0.05, 0) is 79.8 Å². The van der Waals surface area contributed by atoms with Crippen LogP contribution < -0.4 is 14.9 Å². The lowest BCUT2D eigenvalue weighted by Gasteiger charge is -2.43. The van der Waals surface area contributed by atoms with Crippen LogP contribution in [0, 0.1) is 36.5 Å². The third-order valence-electron chi connectivity index (χ3n) is 10.1. The number of H-pyrrole nitrogens is 1. The molecule has 2 aliphatic heterocycles. The molecule has 3 heterocycles. The zero-order chi connectivity index (χ0) is 33.0. The number of nitrogens with zero attached hydrogens (tertiary/aromatic N) is 1. The maximum absolute atomic E-state index is 13.9. The summed E-state index contributed by atoms with van der Waals surface area (Å²) < 4.78 is 7.02. The maximum Gasteiger partial charge on any atom is 0.305 e. The number of unbranched alkanes of at least 4 members (excludes halogenated alkanes) is 2. The molecule has 2 aromatic carbocycles. The molecule has 47 heavy (non-hydrogen) atoms. The molecule has 13 heteroatoms. The number of carbonyl (C=O) groups excluding carboxylic acids is 3. The van der Waals surface area contributed by atoms with Gasteiger partial charge in [0.15, 0.2) is 6.61 Å². The summed E-state index contributed by atoms with van der Waals surface area (Å²) in [6.07, 6.45) is 2.57. The van der Waals surface area contributed by atoms with Gasteiger partial charge in [-0.2, -0.15) is 0 Å². The summed E-state index contributed by atoms with van der Waals surface area (Å²) in [5.41, 5.74) is 2.55. The number of aryl methyl sites for hydroxylation is 1. The number of thioether (sulfide) groups is 1. The summed E-state index contributed by atoms with van der Waals surface area (Å²) in [5, 5.41) is 12.6. The number of rotatable bonds is 11. The van der Waals surface area contributed by atoms with Crippen molar-refractivity contribution in [2.24, 2.45) is 29.6 Å². The number of aromatic nitrogens is 1. The van der Waals surface area contributed by atoms with Crippen LogP contribution in [0.15, 0.2) is 56.8 Å². The number of anilines is 1. The SMILES string of the molecule is Cc1cccc(NC(=O)COc2ccc(Br)cc2[C@H]2c3sc(=O)[nH]c3SC3C4CC(C5C(=O)N(CCCCCC(=O)O)C(=O)C45)C32)c1. The molecule has 7 rings (SSSR count). The number of hydrogen-bond donors (Lipinski definition) is 3. The normalized spacial score (nSPS) is 27.0. The topological polar surface area (TPSA) is 146 Å². The summed E-state index contributed by atoms with van der Waals surface area (Å²) in [6, 6.07) is 13.2. The maximum atomic E-state index is 13.9. The summed E-state index contributed by atoms with van der Waals surface area (Å²) in [5.74, 6) is -1.99. The second-order valence-corrected chi connectivity index (χ2v) is 16.0. The molecule has 4 aliphatic rings. The summed E-state index contributed by atoms with van der Waals surface area (Å²) in [4.78, 5) is 69.3. The Balaban J connectivity index is 1.16. The molecule has 1 aromatic heterocycles. The fourth-order valence-corrected chi connectivity index (χ4v) is 11.6. The highest BCUT2D eigenvalue weighted by atomic mass is 79.9. The average molecular weight is 741 g/mol. The smallest absolute Gasteiger partial charge is 0.305 e. The van der Waals surface area contributed by atoms with Crippen molar-refractivity contribution in [3.63, 3.8) is 0 Å². The van der Waals surface area contributed by atoms with E-state index in [-0.39, 0.29) is 70.5 Å². The lowest BCUT2D eigenvalue weighted by atomic mass is 9.68. The molecule has 3 amide bonds. The highest BCUT2D eigenvalue weighted by molar-refractivity contribution is 9.10. The van der Waals surface area contributed by atoms with Gasteiger partial charge < -0.3 is 20.1 Å². The van der Waals surface area contributed by atoms with Gasteiger partial charge in [-0.15, -0.1) is 11.8 Å². The predicted octanol–water partition coefficient (Wildman–Crippen LogP) is 5.64. The van der Waals surface area contributed by atoms with Crippen molar-refractivity contribution in [1.82, 2.24) is 9.88 Å². The van der Waals surface area contributed by atoms with Gasteiger partial charge in [-0.1, -0.05) is 45.8 Å². The van der Waals surface area contributed by atoms with E-state index in [4.69, 9.17) is 9.84 Å². The van der Waals surface area contributed by atoms with Crippen molar-refractivity contribution in [2.75, 3.05) is 18.5 Å². The molecule has 246 valence electrons. The Morgan fingerprint density at radius 3 is 2.62 bits per heavy atom. The number of likely N-dealkylation sites (tertiary alicyclic amines) is 1. The second-order valence-electron chi connectivity index (χ2n) is 12.9. The largest absolute Gasteiger partial charge is 0.483 e. The molecular weight excluding hydrogens is 706 g/mol. The lowest BCUT2D eigenvalue weighted by molar-refractivity contribution is -0.141. The molecular formula is C34H34BrN3O7S2. The van der Waals surface area contributed by atoms with E-state index in [1.165, 1.54) is 16.2 Å². The van der Waals surface area contributed by atoms with Crippen LogP contribution in [0.1, 0.15) is 54.0 Å². The van der Waals surface area contributed by atoms with Crippen molar-refractivity contribution in [1.29, 1.82) is 0 Å². The molecule has 0 radical (unpaired) electrons. The van der Waals surface area contributed by atoms with Crippen LogP contribution in [-0.2, 0) is 19.2 Å². The molecule has 3 N–H and O–H groups in total. The van der Waals surface area contributed by atoms with Gasteiger partial charge in [0.1, 0.15) is 5.75 Å². The number of amides is 3. The number of fused-ring (bicyclic) bond motifs is 9. The van der Waals surface area contributed by atoms with E-state index in [9.17, 15) is 24.0 Å². The Labute approximate surface area is 287 Å². The van der Waals surface area contributed by atoms with Crippen LogP contribution in [0.4, 0.5) is 5.69 Å². The highest BCUT2D eigenvalue weighted by Gasteiger charge is 2.69. The Bertz CT molecular complexity index is 1820. The van der Waals surface area contributed by atoms with Crippen LogP contribution >= 0.6 is 39.0 Å².